The maximum absolute atomic E-state index is 12.1. The highest BCUT2D eigenvalue weighted by molar-refractivity contribution is 9.10. The molecular formula is C13H12BrN3O. The predicted molar refractivity (Wildman–Crippen MR) is 75.5 cm³/mol. The van der Waals surface area contributed by atoms with E-state index in [1.165, 1.54) is 6.20 Å². The molecule has 0 saturated carbocycles. The van der Waals surface area contributed by atoms with Crippen molar-refractivity contribution in [1.29, 1.82) is 0 Å². The highest BCUT2D eigenvalue weighted by atomic mass is 79.9. The average Bonchev–Trinajstić information content (AvgIpc) is 2.35. The van der Waals surface area contributed by atoms with Crippen molar-refractivity contribution in [3.05, 3.63) is 52.3 Å². The molecule has 18 heavy (non-hydrogen) atoms. The SMILES string of the molecule is Cc1c(Br)cccc1C(=O)Nc1ccncc1N. The van der Waals surface area contributed by atoms with Gasteiger partial charge in [-0.25, -0.2) is 0 Å². The normalized spacial score (nSPS) is 10.1. The van der Waals surface area contributed by atoms with Crippen molar-refractivity contribution < 1.29 is 4.79 Å². The Morgan fingerprint density at radius 2 is 2.17 bits per heavy atom. The molecule has 3 N–H and O–H groups in total. The van der Waals surface area contributed by atoms with Gasteiger partial charge in [0.1, 0.15) is 0 Å². The summed E-state index contributed by atoms with van der Waals surface area (Å²) in [4.78, 5) is 16.0. The fraction of sp³-hybridized carbons (Fsp3) is 0.0769. The van der Waals surface area contributed by atoms with Crippen molar-refractivity contribution in [1.82, 2.24) is 4.98 Å². The Balaban J connectivity index is 2.28. The zero-order chi connectivity index (χ0) is 13.1. The minimum absolute atomic E-state index is 0.188. The van der Waals surface area contributed by atoms with Crippen LogP contribution in [-0.4, -0.2) is 10.9 Å². The number of benzene rings is 1. The fourth-order valence-corrected chi connectivity index (χ4v) is 1.93. The lowest BCUT2D eigenvalue weighted by Crippen LogP contribution is -2.14. The molecule has 0 bridgehead atoms. The van der Waals surface area contributed by atoms with Crippen LogP contribution in [0.1, 0.15) is 15.9 Å². The third kappa shape index (κ3) is 2.51. The van der Waals surface area contributed by atoms with Crippen LogP contribution in [0.25, 0.3) is 0 Å². The van der Waals surface area contributed by atoms with Gasteiger partial charge in [-0.3, -0.25) is 9.78 Å². The zero-order valence-corrected chi connectivity index (χ0v) is 11.4. The predicted octanol–water partition coefficient (Wildman–Crippen LogP) is 2.99. The highest BCUT2D eigenvalue weighted by Crippen LogP contribution is 2.22. The number of aromatic nitrogens is 1. The van der Waals surface area contributed by atoms with Crippen molar-refractivity contribution in [2.45, 2.75) is 6.92 Å². The van der Waals surface area contributed by atoms with E-state index in [2.05, 4.69) is 26.2 Å². The van der Waals surface area contributed by atoms with Crippen LogP contribution in [-0.2, 0) is 0 Å². The van der Waals surface area contributed by atoms with Gasteiger partial charge in [0.25, 0.3) is 5.91 Å². The number of carbonyl (C=O) groups excluding carboxylic acids is 1. The summed E-state index contributed by atoms with van der Waals surface area (Å²) in [6.45, 7) is 1.88. The fourth-order valence-electron chi connectivity index (χ4n) is 1.56. The number of nitrogen functional groups attached to an aromatic ring is 1. The van der Waals surface area contributed by atoms with Crippen LogP contribution >= 0.6 is 15.9 Å². The van der Waals surface area contributed by atoms with Crippen LogP contribution in [0.5, 0.6) is 0 Å². The van der Waals surface area contributed by atoms with Crippen molar-refractivity contribution in [3.8, 4) is 0 Å². The van der Waals surface area contributed by atoms with E-state index in [4.69, 9.17) is 5.73 Å². The summed E-state index contributed by atoms with van der Waals surface area (Å²) in [5.74, 6) is -0.188. The number of carbonyl (C=O) groups is 1. The number of nitrogens with zero attached hydrogens (tertiary/aromatic N) is 1. The van der Waals surface area contributed by atoms with Crippen LogP contribution in [0.2, 0.25) is 0 Å². The molecule has 4 nitrogen and oxygen atoms in total. The van der Waals surface area contributed by atoms with E-state index >= 15 is 0 Å². The largest absolute Gasteiger partial charge is 0.396 e. The third-order valence-electron chi connectivity index (χ3n) is 2.61. The molecule has 1 heterocycles. The minimum atomic E-state index is -0.188. The monoisotopic (exact) mass is 305 g/mol. The summed E-state index contributed by atoms with van der Waals surface area (Å²) in [5.41, 5.74) is 8.24. The molecule has 2 rings (SSSR count). The second-order valence-electron chi connectivity index (χ2n) is 3.83. The number of hydrogen-bond acceptors (Lipinski definition) is 3. The molecule has 5 heteroatoms. The maximum atomic E-state index is 12.1. The minimum Gasteiger partial charge on any atom is -0.396 e. The molecule has 0 spiro atoms. The van der Waals surface area contributed by atoms with Gasteiger partial charge in [0, 0.05) is 16.2 Å². The summed E-state index contributed by atoms with van der Waals surface area (Å²) >= 11 is 3.40. The molecular weight excluding hydrogens is 294 g/mol. The van der Waals surface area contributed by atoms with Crippen LogP contribution in [0, 0.1) is 6.92 Å². The van der Waals surface area contributed by atoms with Gasteiger partial charge < -0.3 is 11.1 Å². The summed E-state index contributed by atoms with van der Waals surface area (Å²) in [6.07, 6.45) is 3.09. The Kier molecular flexibility index (Phi) is 3.62. The van der Waals surface area contributed by atoms with Gasteiger partial charge in [0.05, 0.1) is 17.6 Å². The molecule has 1 aromatic carbocycles. The smallest absolute Gasteiger partial charge is 0.256 e. The Bertz CT molecular complexity index is 599. The number of rotatable bonds is 2. The third-order valence-corrected chi connectivity index (χ3v) is 3.47. The first-order chi connectivity index (χ1) is 8.59. The first-order valence-corrected chi connectivity index (χ1v) is 6.15. The lowest BCUT2D eigenvalue weighted by molar-refractivity contribution is 0.102. The second-order valence-corrected chi connectivity index (χ2v) is 4.68. The van der Waals surface area contributed by atoms with Crippen LogP contribution < -0.4 is 11.1 Å². The number of nitrogens with two attached hydrogens (primary N) is 1. The Morgan fingerprint density at radius 1 is 1.39 bits per heavy atom. The molecule has 0 unspecified atom stereocenters. The lowest BCUT2D eigenvalue weighted by Gasteiger charge is -2.10. The Morgan fingerprint density at radius 3 is 2.89 bits per heavy atom. The number of anilines is 2. The van der Waals surface area contributed by atoms with E-state index in [9.17, 15) is 4.79 Å². The average molecular weight is 306 g/mol. The summed E-state index contributed by atoms with van der Waals surface area (Å²) in [6, 6.07) is 7.15. The standard InChI is InChI=1S/C13H12BrN3O/c1-8-9(3-2-4-10(8)14)13(18)17-12-5-6-16-7-11(12)15/h2-7H,15H2,1H3,(H,16,17,18). The molecule has 2 aromatic rings. The molecule has 0 aliphatic carbocycles. The van der Waals surface area contributed by atoms with Gasteiger partial charge in [-0.2, -0.15) is 0 Å². The Labute approximate surface area is 113 Å². The van der Waals surface area contributed by atoms with Gasteiger partial charge in [-0.05, 0) is 30.7 Å². The molecule has 0 atom stereocenters. The molecule has 0 aliphatic heterocycles. The van der Waals surface area contributed by atoms with Gasteiger partial charge in [0.2, 0.25) is 0 Å². The maximum Gasteiger partial charge on any atom is 0.256 e. The zero-order valence-electron chi connectivity index (χ0n) is 9.77. The van der Waals surface area contributed by atoms with E-state index in [0.29, 0.717) is 16.9 Å². The van der Waals surface area contributed by atoms with Gasteiger partial charge >= 0.3 is 0 Å². The van der Waals surface area contributed by atoms with E-state index < -0.39 is 0 Å². The van der Waals surface area contributed by atoms with E-state index in [1.54, 1.807) is 18.3 Å². The molecule has 1 amide bonds. The highest BCUT2D eigenvalue weighted by Gasteiger charge is 2.11. The number of halogens is 1. The van der Waals surface area contributed by atoms with E-state index in [1.807, 2.05) is 19.1 Å². The number of nitrogens with one attached hydrogen (secondary N) is 1. The molecule has 0 fully saturated rings. The topological polar surface area (TPSA) is 68.0 Å². The van der Waals surface area contributed by atoms with Gasteiger partial charge in [-0.1, -0.05) is 22.0 Å². The first kappa shape index (κ1) is 12.6. The summed E-state index contributed by atoms with van der Waals surface area (Å²) in [5, 5.41) is 2.77. The molecule has 0 aliphatic rings. The van der Waals surface area contributed by atoms with Crippen molar-refractivity contribution >= 4 is 33.2 Å². The van der Waals surface area contributed by atoms with Crippen molar-refractivity contribution in [2.24, 2.45) is 0 Å². The van der Waals surface area contributed by atoms with Gasteiger partial charge in [-0.15, -0.1) is 0 Å². The molecule has 1 aromatic heterocycles. The number of amides is 1. The van der Waals surface area contributed by atoms with Gasteiger partial charge in [0.15, 0.2) is 0 Å². The first-order valence-electron chi connectivity index (χ1n) is 5.35. The number of pyridine rings is 1. The molecule has 0 radical (unpaired) electrons. The van der Waals surface area contributed by atoms with E-state index in [0.717, 1.165) is 10.0 Å². The summed E-state index contributed by atoms with van der Waals surface area (Å²) in [7, 11) is 0. The summed E-state index contributed by atoms with van der Waals surface area (Å²) < 4.78 is 0.901. The molecule has 0 saturated heterocycles. The number of hydrogen-bond donors (Lipinski definition) is 2. The van der Waals surface area contributed by atoms with Crippen molar-refractivity contribution in [2.75, 3.05) is 11.1 Å². The van der Waals surface area contributed by atoms with Crippen LogP contribution in [0.15, 0.2) is 41.1 Å². The van der Waals surface area contributed by atoms with E-state index in [-0.39, 0.29) is 5.91 Å². The second kappa shape index (κ2) is 5.18. The van der Waals surface area contributed by atoms with Crippen molar-refractivity contribution in [3.63, 3.8) is 0 Å². The lowest BCUT2D eigenvalue weighted by atomic mass is 10.1. The Hall–Kier alpha value is -1.88. The quantitative estimate of drug-likeness (QED) is 0.896. The molecule has 92 valence electrons. The van der Waals surface area contributed by atoms with Crippen LogP contribution in [0.3, 0.4) is 0 Å². The van der Waals surface area contributed by atoms with Crippen LogP contribution in [0.4, 0.5) is 11.4 Å².